The summed E-state index contributed by atoms with van der Waals surface area (Å²) in [7, 11) is 0. The first kappa shape index (κ1) is 29.0. The fraction of sp³-hybridized carbons (Fsp3) is 0.310. The van der Waals surface area contributed by atoms with Gasteiger partial charge in [0.25, 0.3) is 5.91 Å². The summed E-state index contributed by atoms with van der Waals surface area (Å²) in [6.45, 7) is 6.24. The van der Waals surface area contributed by atoms with Gasteiger partial charge in [-0.15, -0.1) is 0 Å². The quantitative estimate of drug-likeness (QED) is 0.258. The Morgan fingerprint density at radius 2 is 1.62 bits per heavy atom. The predicted molar refractivity (Wildman–Crippen MR) is 153 cm³/mol. The molecule has 0 aliphatic rings. The predicted octanol–water partition coefficient (Wildman–Crippen LogP) is 6.92. The van der Waals surface area contributed by atoms with E-state index < -0.39 is 6.04 Å². The zero-order valence-corrected chi connectivity index (χ0v) is 24.3. The van der Waals surface area contributed by atoms with Crippen LogP contribution in [0.3, 0.4) is 0 Å². The van der Waals surface area contributed by atoms with Gasteiger partial charge in [-0.05, 0) is 61.2 Å². The zero-order chi connectivity index (χ0) is 26.9. The number of nitrogens with one attached hydrogen (secondary N) is 1. The number of amides is 2. The Balaban J connectivity index is 1.95. The Labute approximate surface area is 237 Å². The molecule has 0 fully saturated rings. The molecule has 196 valence electrons. The summed E-state index contributed by atoms with van der Waals surface area (Å²) < 4.78 is 6.91. The number of halogens is 3. The lowest BCUT2D eigenvalue weighted by Gasteiger charge is -2.32. The zero-order valence-electron chi connectivity index (χ0n) is 21.2. The van der Waals surface area contributed by atoms with Gasteiger partial charge in [0.1, 0.15) is 11.8 Å². The monoisotopic (exact) mass is 604 g/mol. The van der Waals surface area contributed by atoms with Gasteiger partial charge in [-0.3, -0.25) is 9.59 Å². The first-order chi connectivity index (χ1) is 17.7. The molecule has 0 radical (unpaired) electrons. The second-order valence-electron chi connectivity index (χ2n) is 8.88. The lowest BCUT2D eigenvalue weighted by atomic mass is 10.0. The van der Waals surface area contributed by atoms with Crippen molar-refractivity contribution in [2.75, 3.05) is 13.2 Å². The van der Waals surface area contributed by atoms with E-state index in [2.05, 4.69) is 21.2 Å². The van der Waals surface area contributed by atoms with Gasteiger partial charge in [0.15, 0.2) is 6.61 Å². The van der Waals surface area contributed by atoms with Gasteiger partial charge in [-0.25, -0.2) is 0 Å². The summed E-state index contributed by atoms with van der Waals surface area (Å²) in [5.41, 5.74) is 3.52. The van der Waals surface area contributed by atoms with E-state index in [1.165, 1.54) is 4.90 Å². The van der Waals surface area contributed by atoms with Crippen molar-refractivity contribution in [3.63, 3.8) is 0 Å². The van der Waals surface area contributed by atoms with Gasteiger partial charge >= 0.3 is 0 Å². The lowest BCUT2D eigenvalue weighted by Crippen LogP contribution is -2.51. The van der Waals surface area contributed by atoms with Crippen molar-refractivity contribution < 1.29 is 14.3 Å². The summed E-state index contributed by atoms with van der Waals surface area (Å²) in [5.74, 6) is -0.00308. The third-order valence-corrected chi connectivity index (χ3v) is 7.94. The molecule has 3 aromatic rings. The molecule has 0 saturated heterocycles. The summed E-state index contributed by atoms with van der Waals surface area (Å²) in [5, 5.41) is 3.81. The minimum atomic E-state index is -0.786. The third-order valence-electron chi connectivity index (χ3n) is 5.98. The summed E-state index contributed by atoms with van der Waals surface area (Å²) in [6, 6.07) is 17.8. The maximum Gasteiger partial charge on any atom is 0.261 e. The highest BCUT2D eigenvalue weighted by molar-refractivity contribution is 9.10. The molecule has 0 spiro atoms. The minimum Gasteiger partial charge on any atom is -0.484 e. The molecule has 0 aromatic heterocycles. The van der Waals surface area contributed by atoms with Crippen molar-refractivity contribution in [1.29, 1.82) is 0 Å². The molecule has 1 atom stereocenters. The second-order valence-corrected chi connectivity index (χ2v) is 10.5. The SMILES string of the molecule is CCCNC(=O)[C@@H](Cc1ccccc1)N(Cc1c(Cl)cccc1Cl)C(=O)COc1cc(C)c(Br)c(C)c1. The molecule has 0 aliphatic heterocycles. The van der Waals surface area contributed by atoms with Gasteiger partial charge in [0, 0.05) is 39.6 Å². The van der Waals surface area contributed by atoms with Gasteiger partial charge < -0.3 is 15.0 Å². The summed E-state index contributed by atoms with van der Waals surface area (Å²) in [6.07, 6.45) is 1.11. The highest BCUT2D eigenvalue weighted by Gasteiger charge is 2.31. The molecular weight excluding hydrogens is 575 g/mol. The Bertz CT molecular complexity index is 1190. The first-order valence-corrected chi connectivity index (χ1v) is 13.7. The Kier molecular flexibility index (Phi) is 10.9. The van der Waals surface area contributed by atoms with E-state index in [4.69, 9.17) is 27.9 Å². The molecule has 0 unspecified atom stereocenters. The topological polar surface area (TPSA) is 58.6 Å². The van der Waals surface area contributed by atoms with Crippen LogP contribution in [-0.4, -0.2) is 35.9 Å². The average Bonchev–Trinajstić information content (AvgIpc) is 2.88. The van der Waals surface area contributed by atoms with Gasteiger partial charge in [-0.1, -0.05) is 82.5 Å². The van der Waals surface area contributed by atoms with Crippen molar-refractivity contribution >= 4 is 50.9 Å². The standard InChI is InChI=1S/C29H31BrCl2N2O3/c1-4-13-33-29(36)26(16-21-9-6-5-7-10-21)34(17-23-24(31)11-8-12-25(23)32)27(35)18-37-22-14-19(2)28(30)20(3)15-22/h5-12,14-15,26H,4,13,16-18H2,1-3H3,(H,33,36)/t26-/m1/s1. The maximum atomic E-state index is 13.7. The minimum absolute atomic E-state index is 0.0656. The number of aryl methyl sites for hydroxylation is 2. The van der Waals surface area contributed by atoms with E-state index in [9.17, 15) is 9.59 Å². The number of benzene rings is 3. The Morgan fingerprint density at radius 1 is 1.00 bits per heavy atom. The van der Waals surface area contributed by atoms with E-state index in [-0.39, 0.29) is 25.0 Å². The Hall–Kier alpha value is -2.54. The number of nitrogens with zero attached hydrogens (tertiary/aromatic N) is 1. The first-order valence-electron chi connectivity index (χ1n) is 12.1. The van der Waals surface area contributed by atoms with E-state index in [1.807, 2.05) is 63.2 Å². The molecule has 0 aliphatic carbocycles. The largest absolute Gasteiger partial charge is 0.484 e. The molecular formula is C29H31BrCl2N2O3. The molecule has 3 rings (SSSR count). The van der Waals surface area contributed by atoms with Crippen LogP contribution in [0.5, 0.6) is 5.75 Å². The van der Waals surface area contributed by atoms with E-state index >= 15 is 0 Å². The van der Waals surface area contributed by atoms with Crippen molar-refractivity contribution in [2.45, 2.75) is 46.2 Å². The molecule has 0 bridgehead atoms. The van der Waals surface area contributed by atoms with Gasteiger partial charge in [0.05, 0.1) is 0 Å². The number of rotatable bonds is 11. The average molecular weight is 606 g/mol. The van der Waals surface area contributed by atoms with E-state index in [0.29, 0.717) is 34.3 Å². The summed E-state index contributed by atoms with van der Waals surface area (Å²) in [4.78, 5) is 28.6. The molecule has 3 aromatic carbocycles. The van der Waals surface area contributed by atoms with Crippen LogP contribution in [0, 0.1) is 13.8 Å². The number of carbonyl (C=O) groups excluding carboxylic acids is 2. The number of carbonyl (C=O) groups is 2. The van der Waals surface area contributed by atoms with Crippen LogP contribution in [0.15, 0.2) is 65.1 Å². The molecule has 5 nitrogen and oxygen atoms in total. The van der Waals surface area contributed by atoms with Crippen molar-refractivity contribution in [3.05, 3.63) is 97.4 Å². The van der Waals surface area contributed by atoms with Crippen molar-refractivity contribution in [3.8, 4) is 5.75 Å². The summed E-state index contributed by atoms with van der Waals surface area (Å²) >= 11 is 16.5. The number of hydrogen-bond donors (Lipinski definition) is 1. The van der Waals surface area contributed by atoms with Crippen LogP contribution in [0.2, 0.25) is 10.0 Å². The molecule has 0 saturated carbocycles. The van der Waals surface area contributed by atoms with Crippen molar-refractivity contribution in [2.24, 2.45) is 0 Å². The third kappa shape index (κ3) is 7.97. The Morgan fingerprint density at radius 3 is 2.22 bits per heavy atom. The van der Waals surface area contributed by atoms with Crippen LogP contribution in [0.4, 0.5) is 0 Å². The molecule has 0 heterocycles. The smallest absolute Gasteiger partial charge is 0.261 e. The van der Waals surface area contributed by atoms with Crippen LogP contribution in [0.1, 0.15) is 35.6 Å². The van der Waals surface area contributed by atoms with Crippen LogP contribution in [-0.2, 0) is 22.6 Å². The normalized spacial score (nSPS) is 11.6. The lowest BCUT2D eigenvalue weighted by molar-refractivity contribution is -0.142. The van der Waals surface area contributed by atoms with Crippen LogP contribution in [0.25, 0.3) is 0 Å². The van der Waals surface area contributed by atoms with Gasteiger partial charge in [0.2, 0.25) is 5.91 Å². The van der Waals surface area contributed by atoms with Crippen LogP contribution >= 0.6 is 39.1 Å². The number of ether oxygens (including phenoxy) is 1. The molecule has 2 amide bonds. The highest BCUT2D eigenvalue weighted by Crippen LogP contribution is 2.28. The highest BCUT2D eigenvalue weighted by atomic mass is 79.9. The van der Waals surface area contributed by atoms with E-state index in [1.54, 1.807) is 18.2 Å². The second kappa shape index (κ2) is 13.8. The molecule has 1 N–H and O–H groups in total. The molecule has 37 heavy (non-hydrogen) atoms. The van der Waals surface area contributed by atoms with E-state index in [0.717, 1.165) is 27.6 Å². The number of hydrogen-bond acceptors (Lipinski definition) is 3. The molecule has 8 heteroatoms. The maximum absolute atomic E-state index is 13.7. The van der Waals surface area contributed by atoms with Gasteiger partial charge in [-0.2, -0.15) is 0 Å². The van der Waals surface area contributed by atoms with Crippen molar-refractivity contribution in [1.82, 2.24) is 10.2 Å². The fourth-order valence-corrected chi connectivity index (χ4v) is 4.74. The van der Waals surface area contributed by atoms with Crippen LogP contribution < -0.4 is 10.1 Å². The fourth-order valence-electron chi connectivity index (χ4n) is 3.99.